The van der Waals surface area contributed by atoms with E-state index in [2.05, 4.69) is 26.2 Å². The van der Waals surface area contributed by atoms with Gasteiger partial charge in [0.2, 0.25) is 0 Å². The van der Waals surface area contributed by atoms with Crippen LogP contribution in [0.25, 0.3) is 0 Å². The van der Waals surface area contributed by atoms with E-state index in [4.69, 9.17) is 11.6 Å². The topological polar surface area (TPSA) is 42.0 Å². The van der Waals surface area contributed by atoms with Gasteiger partial charge in [0, 0.05) is 17.3 Å². The van der Waals surface area contributed by atoms with Crippen molar-refractivity contribution in [1.29, 1.82) is 0 Å². The first kappa shape index (κ1) is 15.0. The lowest BCUT2D eigenvalue weighted by Gasteiger charge is -2.15. The minimum Gasteiger partial charge on any atom is -0.349 e. The molecule has 1 heterocycles. The van der Waals surface area contributed by atoms with E-state index in [0.717, 1.165) is 10.6 Å². The number of amides is 1. The Balaban J connectivity index is 2.02. The Morgan fingerprint density at radius 1 is 1.35 bits per heavy atom. The Morgan fingerprint density at radius 3 is 2.80 bits per heavy atom. The Labute approximate surface area is 131 Å². The number of pyridine rings is 1. The van der Waals surface area contributed by atoms with Gasteiger partial charge in [0.1, 0.15) is 4.60 Å². The highest BCUT2D eigenvalue weighted by molar-refractivity contribution is 9.10. The maximum absolute atomic E-state index is 12.1. The molecule has 0 fully saturated rings. The molecule has 1 atom stereocenters. The average Bonchev–Trinajstić information content (AvgIpc) is 2.41. The van der Waals surface area contributed by atoms with Gasteiger partial charge in [-0.2, -0.15) is 0 Å². The van der Waals surface area contributed by atoms with E-state index >= 15 is 0 Å². The summed E-state index contributed by atoms with van der Waals surface area (Å²) in [7, 11) is 0. The van der Waals surface area contributed by atoms with Gasteiger partial charge in [0.15, 0.2) is 0 Å². The molecule has 5 heteroatoms. The predicted octanol–water partition coefficient (Wildman–Crippen LogP) is 3.86. The first-order valence-electron chi connectivity index (χ1n) is 6.22. The SMILES string of the molecule is CC(Cc1ccccc1Cl)NC(=O)c1cccnc1Br. The van der Waals surface area contributed by atoms with Crippen LogP contribution in [0.2, 0.25) is 5.02 Å². The number of hydrogen-bond acceptors (Lipinski definition) is 2. The van der Waals surface area contributed by atoms with E-state index in [9.17, 15) is 4.79 Å². The summed E-state index contributed by atoms with van der Waals surface area (Å²) in [5.41, 5.74) is 1.55. The molecular weight excluding hydrogens is 340 g/mol. The second kappa shape index (κ2) is 6.86. The van der Waals surface area contributed by atoms with Crippen LogP contribution in [0.1, 0.15) is 22.8 Å². The summed E-state index contributed by atoms with van der Waals surface area (Å²) in [6.45, 7) is 1.95. The number of nitrogens with zero attached hydrogens (tertiary/aromatic N) is 1. The van der Waals surface area contributed by atoms with Crippen LogP contribution >= 0.6 is 27.5 Å². The van der Waals surface area contributed by atoms with Crippen molar-refractivity contribution in [2.45, 2.75) is 19.4 Å². The summed E-state index contributed by atoms with van der Waals surface area (Å²) in [6.07, 6.45) is 2.32. The van der Waals surface area contributed by atoms with Crippen LogP contribution < -0.4 is 5.32 Å². The molecular formula is C15H14BrClN2O. The highest BCUT2D eigenvalue weighted by Crippen LogP contribution is 2.17. The van der Waals surface area contributed by atoms with Crippen molar-refractivity contribution in [3.8, 4) is 0 Å². The van der Waals surface area contributed by atoms with Crippen LogP contribution in [-0.4, -0.2) is 16.9 Å². The summed E-state index contributed by atoms with van der Waals surface area (Å²) in [4.78, 5) is 16.2. The molecule has 104 valence electrons. The molecule has 0 saturated carbocycles. The molecule has 1 aromatic carbocycles. The van der Waals surface area contributed by atoms with Gasteiger partial charge in [0.05, 0.1) is 5.56 Å². The highest BCUT2D eigenvalue weighted by atomic mass is 79.9. The van der Waals surface area contributed by atoms with Gasteiger partial charge in [-0.15, -0.1) is 0 Å². The van der Waals surface area contributed by atoms with Crippen molar-refractivity contribution in [1.82, 2.24) is 10.3 Å². The number of rotatable bonds is 4. The zero-order valence-corrected chi connectivity index (χ0v) is 13.3. The monoisotopic (exact) mass is 352 g/mol. The molecule has 1 aromatic heterocycles. The number of carbonyl (C=O) groups excluding carboxylic acids is 1. The number of nitrogens with one attached hydrogen (secondary N) is 1. The third kappa shape index (κ3) is 3.81. The number of carbonyl (C=O) groups is 1. The first-order valence-corrected chi connectivity index (χ1v) is 7.40. The Kier molecular flexibility index (Phi) is 5.15. The van der Waals surface area contributed by atoms with Gasteiger partial charge >= 0.3 is 0 Å². The summed E-state index contributed by atoms with van der Waals surface area (Å²) in [6, 6.07) is 11.1. The van der Waals surface area contributed by atoms with Crippen LogP contribution in [0.5, 0.6) is 0 Å². The van der Waals surface area contributed by atoms with Crippen LogP contribution in [0, 0.1) is 0 Å². The average molecular weight is 354 g/mol. The third-order valence-corrected chi connectivity index (χ3v) is 3.87. The van der Waals surface area contributed by atoms with Crippen molar-refractivity contribution in [3.63, 3.8) is 0 Å². The van der Waals surface area contributed by atoms with Crippen LogP contribution in [0.15, 0.2) is 47.2 Å². The fourth-order valence-corrected chi connectivity index (χ4v) is 2.55. The second-order valence-corrected chi connectivity index (χ2v) is 5.67. The van der Waals surface area contributed by atoms with E-state index < -0.39 is 0 Å². The van der Waals surface area contributed by atoms with Gasteiger partial charge in [0.25, 0.3) is 5.91 Å². The van der Waals surface area contributed by atoms with Crippen molar-refractivity contribution >= 4 is 33.4 Å². The summed E-state index contributed by atoms with van der Waals surface area (Å²) in [5.74, 6) is -0.149. The molecule has 0 bridgehead atoms. The summed E-state index contributed by atoms with van der Waals surface area (Å²) in [5, 5.41) is 3.66. The molecule has 2 aromatic rings. The molecule has 20 heavy (non-hydrogen) atoms. The fourth-order valence-electron chi connectivity index (χ4n) is 1.90. The van der Waals surface area contributed by atoms with E-state index in [1.807, 2.05) is 31.2 Å². The number of benzene rings is 1. The van der Waals surface area contributed by atoms with Crippen molar-refractivity contribution < 1.29 is 4.79 Å². The van der Waals surface area contributed by atoms with Crippen molar-refractivity contribution in [2.24, 2.45) is 0 Å². The number of aromatic nitrogens is 1. The summed E-state index contributed by atoms with van der Waals surface area (Å²) < 4.78 is 0.544. The lowest BCUT2D eigenvalue weighted by molar-refractivity contribution is 0.0939. The van der Waals surface area contributed by atoms with E-state index in [-0.39, 0.29) is 11.9 Å². The quantitative estimate of drug-likeness (QED) is 0.848. The standard InChI is InChI=1S/C15H14BrClN2O/c1-10(9-11-5-2-3-7-13(11)17)19-15(20)12-6-4-8-18-14(12)16/h2-8,10H,9H2,1H3,(H,19,20). The van der Waals surface area contributed by atoms with Crippen LogP contribution in [0.3, 0.4) is 0 Å². The molecule has 0 spiro atoms. The zero-order chi connectivity index (χ0) is 14.5. The Hall–Kier alpha value is -1.39. The van der Waals surface area contributed by atoms with Crippen LogP contribution in [0.4, 0.5) is 0 Å². The first-order chi connectivity index (χ1) is 9.58. The smallest absolute Gasteiger partial charge is 0.254 e. The van der Waals surface area contributed by atoms with Gasteiger partial charge in [-0.1, -0.05) is 29.8 Å². The Bertz CT molecular complexity index is 618. The molecule has 1 amide bonds. The van der Waals surface area contributed by atoms with Gasteiger partial charge in [-0.25, -0.2) is 4.98 Å². The van der Waals surface area contributed by atoms with E-state index in [0.29, 0.717) is 16.6 Å². The molecule has 1 N–H and O–H groups in total. The molecule has 0 aliphatic heterocycles. The molecule has 0 aliphatic carbocycles. The normalized spacial score (nSPS) is 11.9. The minimum absolute atomic E-state index is 0.0190. The van der Waals surface area contributed by atoms with Crippen molar-refractivity contribution in [3.05, 3.63) is 63.3 Å². The summed E-state index contributed by atoms with van der Waals surface area (Å²) >= 11 is 9.39. The fraction of sp³-hybridized carbons (Fsp3) is 0.200. The molecule has 2 rings (SSSR count). The molecule has 0 saturated heterocycles. The predicted molar refractivity (Wildman–Crippen MR) is 84.0 cm³/mol. The van der Waals surface area contributed by atoms with Gasteiger partial charge in [-0.3, -0.25) is 4.79 Å². The van der Waals surface area contributed by atoms with Gasteiger partial charge in [-0.05, 0) is 53.0 Å². The van der Waals surface area contributed by atoms with E-state index in [1.54, 1.807) is 18.3 Å². The molecule has 3 nitrogen and oxygen atoms in total. The largest absolute Gasteiger partial charge is 0.349 e. The molecule has 1 unspecified atom stereocenters. The Morgan fingerprint density at radius 2 is 2.10 bits per heavy atom. The van der Waals surface area contributed by atoms with Gasteiger partial charge < -0.3 is 5.32 Å². The van der Waals surface area contributed by atoms with E-state index in [1.165, 1.54) is 0 Å². The van der Waals surface area contributed by atoms with Crippen LogP contribution in [-0.2, 0) is 6.42 Å². The third-order valence-electron chi connectivity index (χ3n) is 2.87. The number of halogens is 2. The molecule has 0 aliphatic rings. The van der Waals surface area contributed by atoms with Crippen molar-refractivity contribution in [2.75, 3.05) is 0 Å². The minimum atomic E-state index is -0.149. The second-order valence-electron chi connectivity index (χ2n) is 4.51. The maximum atomic E-state index is 12.1. The maximum Gasteiger partial charge on any atom is 0.254 e. The lowest BCUT2D eigenvalue weighted by atomic mass is 10.1. The zero-order valence-electron chi connectivity index (χ0n) is 10.9. The highest BCUT2D eigenvalue weighted by Gasteiger charge is 2.14. The number of hydrogen-bond donors (Lipinski definition) is 1. The molecule has 0 radical (unpaired) electrons. The lowest BCUT2D eigenvalue weighted by Crippen LogP contribution is -2.34.